The van der Waals surface area contributed by atoms with E-state index in [2.05, 4.69) is 25.3 Å². The summed E-state index contributed by atoms with van der Waals surface area (Å²) in [7, 11) is 6.11. The highest BCUT2D eigenvalue weighted by Gasteiger charge is 2.25. The van der Waals surface area contributed by atoms with Crippen molar-refractivity contribution in [2.45, 2.75) is 39.7 Å². The number of phenolic OH excluding ortho intramolecular Hbond substituents is 2. The zero-order chi connectivity index (χ0) is 25.9. The Morgan fingerprint density at radius 2 is 1.63 bits per heavy atom. The Hall–Kier alpha value is -3.59. The second kappa shape index (κ2) is 10.8. The van der Waals surface area contributed by atoms with Gasteiger partial charge in [0.1, 0.15) is 11.5 Å². The summed E-state index contributed by atoms with van der Waals surface area (Å²) in [5.74, 6) is -0.0562. The molecule has 9 nitrogen and oxygen atoms in total. The van der Waals surface area contributed by atoms with Crippen molar-refractivity contribution < 1.29 is 15.0 Å². The number of phenols is 2. The summed E-state index contributed by atoms with van der Waals surface area (Å²) >= 11 is 0. The minimum absolute atomic E-state index is 0.00945. The topological polar surface area (TPSA) is 107 Å². The molecule has 0 radical (unpaired) electrons. The lowest BCUT2D eigenvalue weighted by Crippen LogP contribution is -2.32. The average Bonchev–Trinajstić information content (AvgIpc) is 3.22. The predicted molar refractivity (Wildman–Crippen MR) is 139 cm³/mol. The molecule has 9 heteroatoms. The molecule has 35 heavy (non-hydrogen) atoms. The van der Waals surface area contributed by atoms with E-state index in [1.165, 1.54) is 6.07 Å². The molecule has 0 saturated heterocycles. The summed E-state index contributed by atoms with van der Waals surface area (Å²) in [4.78, 5) is 17.3. The Balaban J connectivity index is 2.12. The van der Waals surface area contributed by atoms with Crippen molar-refractivity contribution in [3.63, 3.8) is 0 Å². The van der Waals surface area contributed by atoms with Crippen molar-refractivity contribution >= 4 is 11.6 Å². The van der Waals surface area contributed by atoms with E-state index in [9.17, 15) is 15.0 Å². The minimum Gasteiger partial charge on any atom is -0.508 e. The van der Waals surface area contributed by atoms with Gasteiger partial charge in [0.15, 0.2) is 5.82 Å². The zero-order valence-electron chi connectivity index (χ0n) is 21.6. The van der Waals surface area contributed by atoms with Crippen LogP contribution in [0.2, 0.25) is 0 Å². The van der Waals surface area contributed by atoms with Crippen LogP contribution in [0.4, 0.5) is 5.69 Å². The van der Waals surface area contributed by atoms with Gasteiger partial charge in [-0.1, -0.05) is 13.8 Å². The van der Waals surface area contributed by atoms with Crippen LogP contribution in [-0.2, 0) is 0 Å². The Bertz CT molecular complexity index is 1170. The van der Waals surface area contributed by atoms with Crippen molar-refractivity contribution in [3.8, 4) is 28.6 Å². The van der Waals surface area contributed by atoms with Gasteiger partial charge in [-0.3, -0.25) is 9.36 Å². The summed E-state index contributed by atoms with van der Waals surface area (Å²) in [5, 5.41) is 32.3. The number of hydrogen-bond acceptors (Lipinski definition) is 7. The monoisotopic (exact) mass is 480 g/mol. The van der Waals surface area contributed by atoms with Gasteiger partial charge in [0.2, 0.25) is 5.82 Å². The van der Waals surface area contributed by atoms with E-state index < -0.39 is 0 Å². The molecule has 0 fully saturated rings. The number of nitrogens with one attached hydrogen (secondary N) is 1. The number of aromatic nitrogens is 3. The first-order valence-corrected chi connectivity index (χ1v) is 11.8. The highest BCUT2D eigenvalue weighted by atomic mass is 16.3. The first kappa shape index (κ1) is 26.0. The normalized spacial score (nSPS) is 11.5. The number of rotatable bonds is 9. The highest BCUT2D eigenvalue weighted by Crippen LogP contribution is 2.38. The molecule has 3 rings (SSSR count). The summed E-state index contributed by atoms with van der Waals surface area (Å²) < 4.78 is 1.64. The zero-order valence-corrected chi connectivity index (χ0v) is 21.6. The molecular weight excluding hydrogens is 444 g/mol. The van der Waals surface area contributed by atoms with Gasteiger partial charge in [-0.2, -0.15) is 0 Å². The van der Waals surface area contributed by atoms with Gasteiger partial charge in [-0.25, -0.2) is 0 Å². The van der Waals surface area contributed by atoms with Gasteiger partial charge in [0, 0.05) is 43.6 Å². The van der Waals surface area contributed by atoms with Gasteiger partial charge in [-0.15, -0.1) is 10.2 Å². The molecule has 1 amide bonds. The third kappa shape index (κ3) is 5.92. The smallest absolute Gasteiger partial charge is 0.289 e. The maximum atomic E-state index is 13.0. The molecule has 0 atom stereocenters. The summed E-state index contributed by atoms with van der Waals surface area (Å²) in [6.07, 6.45) is 0. The number of amides is 1. The number of carbonyl (C=O) groups excluding carboxylic acids is 1. The number of nitrogens with zero attached hydrogens (tertiary/aromatic N) is 5. The van der Waals surface area contributed by atoms with E-state index in [1.807, 2.05) is 73.1 Å². The lowest BCUT2D eigenvalue weighted by molar-refractivity contribution is 0.0930. The standard InChI is InChI=1S/C26H36N6O3/c1-16(2)20-14-21(23(34)15-22(20)33)24-28-29-25(26(35)27-17(3)4)32(24)19-10-8-18(9-11-19)31(7)13-12-30(5)6/h8-11,14-17,33-34H,12-13H2,1-7H3,(H,27,35). The van der Waals surface area contributed by atoms with Crippen molar-refractivity contribution in [2.24, 2.45) is 0 Å². The van der Waals surface area contributed by atoms with Crippen LogP contribution in [0.3, 0.4) is 0 Å². The summed E-state index contributed by atoms with van der Waals surface area (Å²) in [6, 6.07) is 10.7. The van der Waals surface area contributed by atoms with Crippen LogP contribution in [0, 0.1) is 0 Å². The molecule has 3 N–H and O–H groups in total. The van der Waals surface area contributed by atoms with Crippen LogP contribution in [0.1, 0.15) is 49.8 Å². The molecule has 0 spiro atoms. The van der Waals surface area contributed by atoms with Gasteiger partial charge in [0.05, 0.1) is 5.56 Å². The van der Waals surface area contributed by atoms with Crippen LogP contribution in [0.15, 0.2) is 36.4 Å². The van der Waals surface area contributed by atoms with Gasteiger partial charge < -0.3 is 25.3 Å². The SMILES string of the molecule is CC(C)NC(=O)c1nnc(-c2cc(C(C)C)c(O)cc2O)n1-c1ccc(N(C)CCN(C)C)cc1. The van der Waals surface area contributed by atoms with Crippen LogP contribution in [-0.4, -0.2) is 76.1 Å². The Labute approximate surface area is 207 Å². The molecule has 1 heterocycles. The van der Waals surface area contributed by atoms with E-state index in [1.54, 1.807) is 10.6 Å². The average molecular weight is 481 g/mol. The van der Waals surface area contributed by atoms with Crippen LogP contribution in [0.5, 0.6) is 11.5 Å². The third-order valence-electron chi connectivity index (χ3n) is 5.73. The van der Waals surface area contributed by atoms with Crippen molar-refractivity contribution in [3.05, 3.63) is 47.8 Å². The molecule has 3 aromatic rings. The number of aromatic hydroxyl groups is 2. The highest BCUT2D eigenvalue weighted by molar-refractivity contribution is 5.92. The molecule has 0 unspecified atom stereocenters. The van der Waals surface area contributed by atoms with Crippen LogP contribution >= 0.6 is 0 Å². The fraction of sp³-hybridized carbons (Fsp3) is 0.423. The van der Waals surface area contributed by atoms with E-state index in [0.29, 0.717) is 22.6 Å². The molecular formula is C26H36N6O3. The number of likely N-dealkylation sites (N-methyl/N-ethyl adjacent to an activating group) is 2. The molecule has 0 saturated carbocycles. The molecule has 0 aliphatic carbocycles. The van der Waals surface area contributed by atoms with Crippen molar-refractivity contribution in [2.75, 3.05) is 39.1 Å². The molecule has 0 aliphatic heterocycles. The molecule has 0 bridgehead atoms. The second-order valence-electron chi connectivity index (χ2n) is 9.63. The lowest BCUT2D eigenvalue weighted by Gasteiger charge is -2.22. The predicted octanol–water partition coefficient (Wildman–Crippen LogP) is 3.60. The van der Waals surface area contributed by atoms with Crippen molar-refractivity contribution in [1.82, 2.24) is 25.0 Å². The first-order valence-electron chi connectivity index (χ1n) is 11.8. The van der Waals surface area contributed by atoms with E-state index in [0.717, 1.165) is 18.8 Å². The number of hydrogen-bond donors (Lipinski definition) is 3. The molecule has 188 valence electrons. The molecule has 0 aliphatic rings. The second-order valence-corrected chi connectivity index (χ2v) is 9.63. The largest absolute Gasteiger partial charge is 0.508 e. The van der Waals surface area contributed by atoms with Gasteiger partial charge in [-0.05, 0) is 69.8 Å². The minimum atomic E-state index is -0.367. The third-order valence-corrected chi connectivity index (χ3v) is 5.73. The maximum absolute atomic E-state index is 13.0. The quantitative estimate of drug-likeness (QED) is 0.430. The van der Waals surface area contributed by atoms with Crippen LogP contribution < -0.4 is 10.2 Å². The van der Waals surface area contributed by atoms with E-state index in [4.69, 9.17) is 0 Å². The van der Waals surface area contributed by atoms with Crippen LogP contribution in [0.25, 0.3) is 17.1 Å². The number of carbonyl (C=O) groups is 1. The molecule has 1 aromatic heterocycles. The Morgan fingerprint density at radius 3 is 2.20 bits per heavy atom. The number of benzene rings is 2. The first-order chi connectivity index (χ1) is 16.5. The number of anilines is 1. The van der Waals surface area contributed by atoms with Gasteiger partial charge in [0.25, 0.3) is 5.91 Å². The Kier molecular flexibility index (Phi) is 8.01. The fourth-order valence-corrected chi connectivity index (χ4v) is 3.75. The summed E-state index contributed by atoms with van der Waals surface area (Å²) in [6.45, 7) is 9.44. The lowest BCUT2D eigenvalue weighted by atomic mass is 9.98. The Morgan fingerprint density at radius 1 is 0.971 bits per heavy atom. The molecule has 2 aromatic carbocycles. The summed E-state index contributed by atoms with van der Waals surface area (Å²) in [5.41, 5.74) is 2.77. The van der Waals surface area contributed by atoms with E-state index >= 15 is 0 Å². The van der Waals surface area contributed by atoms with E-state index in [-0.39, 0.29) is 35.2 Å². The van der Waals surface area contributed by atoms with Crippen molar-refractivity contribution in [1.29, 1.82) is 0 Å². The van der Waals surface area contributed by atoms with Gasteiger partial charge >= 0.3 is 0 Å². The maximum Gasteiger partial charge on any atom is 0.289 e. The fourth-order valence-electron chi connectivity index (χ4n) is 3.75.